The van der Waals surface area contributed by atoms with Gasteiger partial charge in [0.15, 0.2) is 4.96 Å². The fourth-order valence-corrected chi connectivity index (χ4v) is 3.06. The molecule has 0 aromatic carbocycles. The molecule has 0 saturated carbocycles. The van der Waals surface area contributed by atoms with Gasteiger partial charge in [-0.1, -0.05) is 17.7 Å². The highest BCUT2D eigenvalue weighted by Crippen LogP contribution is 2.21. The maximum atomic E-state index is 5.87. The Bertz CT molecular complexity index is 731. The summed E-state index contributed by atoms with van der Waals surface area (Å²) in [5, 5.41) is 3.77. The molecule has 0 bridgehead atoms. The minimum atomic E-state index is 0.492. The first kappa shape index (κ1) is 12.4. The Morgan fingerprint density at radius 3 is 2.95 bits per heavy atom. The molecule has 0 spiro atoms. The van der Waals surface area contributed by atoms with Crippen molar-refractivity contribution < 1.29 is 0 Å². The van der Waals surface area contributed by atoms with Crippen molar-refractivity contribution in [3.8, 4) is 0 Å². The lowest BCUT2D eigenvalue weighted by Crippen LogP contribution is -2.04. The molecule has 0 radical (unpaired) electrons. The van der Waals surface area contributed by atoms with Gasteiger partial charge in [0, 0.05) is 11.1 Å². The van der Waals surface area contributed by atoms with Gasteiger partial charge in [0.05, 0.1) is 17.9 Å². The largest absolute Gasteiger partial charge is 0.364 e. The molecule has 0 atom stereocenters. The molecule has 0 amide bonds. The van der Waals surface area contributed by atoms with Crippen molar-refractivity contribution in [2.24, 2.45) is 0 Å². The summed E-state index contributed by atoms with van der Waals surface area (Å²) >= 11 is 7.57. The van der Waals surface area contributed by atoms with Gasteiger partial charge < -0.3 is 5.32 Å². The Kier molecular flexibility index (Phi) is 3.16. The lowest BCUT2D eigenvalue weighted by molar-refractivity contribution is 0.981. The molecule has 0 aliphatic carbocycles. The van der Waals surface area contributed by atoms with Crippen molar-refractivity contribution in [3.63, 3.8) is 0 Å². The van der Waals surface area contributed by atoms with Crippen molar-refractivity contribution in [2.45, 2.75) is 20.4 Å². The van der Waals surface area contributed by atoms with Crippen LogP contribution in [0.3, 0.4) is 0 Å². The molecule has 0 aliphatic rings. The van der Waals surface area contributed by atoms with Crippen LogP contribution in [0, 0.1) is 13.8 Å². The fourth-order valence-electron chi connectivity index (χ4n) is 2.00. The smallest absolute Gasteiger partial charge is 0.194 e. The van der Waals surface area contributed by atoms with Crippen molar-refractivity contribution in [2.75, 3.05) is 5.32 Å². The summed E-state index contributed by atoms with van der Waals surface area (Å²) in [7, 11) is 0. The lowest BCUT2D eigenvalue weighted by Gasteiger charge is -2.05. The van der Waals surface area contributed by atoms with Gasteiger partial charge in [-0.15, -0.1) is 11.3 Å². The van der Waals surface area contributed by atoms with Gasteiger partial charge in [-0.25, -0.2) is 9.97 Å². The van der Waals surface area contributed by atoms with Crippen molar-refractivity contribution in [1.29, 1.82) is 0 Å². The topological polar surface area (TPSA) is 42.2 Å². The maximum Gasteiger partial charge on any atom is 0.194 e. The van der Waals surface area contributed by atoms with Gasteiger partial charge >= 0.3 is 0 Å². The zero-order valence-electron chi connectivity index (χ0n) is 10.6. The van der Waals surface area contributed by atoms with Gasteiger partial charge in [-0.2, -0.15) is 0 Å². The van der Waals surface area contributed by atoms with E-state index in [9.17, 15) is 0 Å². The van der Waals surface area contributed by atoms with E-state index in [0.29, 0.717) is 11.7 Å². The number of fused-ring (bicyclic) bond motifs is 1. The fraction of sp³-hybridized carbons (Fsp3) is 0.231. The van der Waals surface area contributed by atoms with E-state index in [0.717, 1.165) is 22.2 Å². The number of halogens is 1. The molecule has 0 unspecified atom stereocenters. The molecule has 1 N–H and O–H groups in total. The number of hydrogen-bond donors (Lipinski definition) is 1. The summed E-state index contributed by atoms with van der Waals surface area (Å²) in [6.45, 7) is 4.79. The Morgan fingerprint density at radius 1 is 1.32 bits per heavy atom. The molecule has 0 fully saturated rings. The zero-order chi connectivity index (χ0) is 13.4. The first-order valence-corrected chi connectivity index (χ1v) is 7.13. The molecule has 0 aliphatic heterocycles. The summed E-state index contributed by atoms with van der Waals surface area (Å²) in [4.78, 5) is 11.1. The second-order valence-electron chi connectivity index (χ2n) is 4.34. The number of thiazole rings is 1. The van der Waals surface area contributed by atoms with E-state index in [1.165, 1.54) is 4.88 Å². The Labute approximate surface area is 120 Å². The summed E-state index contributed by atoms with van der Waals surface area (Å²) in [5.74, 6) is 0.772. The average molecular weight is 293 g/mol. The number of anilines is 1. The molecule has 3 heterocycles. The van der Waals surface area contributed by atoms with Gasteiger partial charge in [0.1, 0.15) is 11.0 Å². The second-order valence-corrected chi connectivity index (χ2v) is 5.94. The third-order valence-electron chi connectivity index (χ3n) is 2.89. The average Bonchev–Trinajstić information content (AvgIpc) is 2.82. The van der Waals surface area contributed by atoms with Crippen LogP contribution in [-0.2, 0) is 6.54 Å². The molecule has 3 rings (SSSR count). The zero-order valence-corrected chi connectivity index (χ0v) is 12.2. The number of nitrogens with one attached hydrogen (secondary N) is 1. The first-order chi connectivity index (χ1) is 9.13. The standard InChI is InChI=1S/C13H13ClN4S/c1-8-7-18-10(9(2)16-13(18)19-8)6-15-12-5-3-4-11(14)17-12/h3-5,7H,6H2,1-2H3,(H,15,17). The lowest BCUT2D eigenvalue weighted by atomic mass is 10.3. The van der Waals surface area contributed by atoms with E-state index in [2.05, 4.69) is 32.8 Å². The molecule has 98 valence electrons. The monoisotopic (exact) mass is 292 g/mol. The van der Waals surface area contributed by atoms with Crippen LogP contribution in [0.15, 0.2) is 24.4 Å². The predicted octanol–water partition coefficient (Wildman–Crippen LogP) is 3.67. The highest BCUT2D eigenvalue weighted by atomic mass is 35.5. The third kappa shape index (κ3) is 2.43. The number of hydrogen-bond acceptors (Lipinski definition) is 4. The van der Waals surface area contributed by atoms with E-state index in [-0.39, 0.29) is 0 Å². The van der Waals surface area contributed by atoms with Gasteiger partial charge in [-0.3, -0.25) is 4.40 Å². The van der Waals surface area contributed by atoms with Crippen molar-refractivity contribution in [1.82, 2.24) is 14.4 Å². The molecule has 4 nitrogen and oxygen atoms in total. The van der Waals surface area contributed by atoms with Crippen molar-refractivity contribution in [3.05, 3.63) is 45.8 Å². The van der Waals surface area contributed by atoms with E-state index in [4.69, 9.17) is 11.6 Å². The van der Waals surface area contributed by atoms with Crippen LogP contribution < -0.4 is 5.32 Å². The Hall–Kier alpha value is -1.59. The number of imidazole rings is 1. The third-order valence-corrected chi connectivity index (χ3v) is 4.00. The van der Waals surface area contributed by atoms with Gasteiger partial charge in [0.25, 0.3) is 0 Å². The SMILES string of the molecule is Cc1cn2c(CNc3cccc(Cl)n3)c(C)nc2s1. The molecule has 3 aromatic heterocycles. The van der Waals surface area contributed by atoms with Crippen LogP contribution in [0.1, 0.15) is 16.3 Å². The number of aryl methyl sites for hydroxylation is 2. The molecule has 0 saturated heterocycles. The molecular formula is C13H13ClN4S. The Balaban J connectivity index is 1.87. The normalized spacial score (nSPS) is 11.1. The second kappa shape index (κ2) is 4.83. The number of pyridine rings is 1. The summed E-state index contributed by atoms with van der Waals surface area (Å²) < 4.78 is 2.13. The van der Waals surface area contributed by atoms with Crippen LogP contribution in [0.25, 0.3) is 4.96 Å². The summed E-state index contributed by atoms with van der Waals surface area (Å²) in [6, 6.07) is 5.54. The van der Waals surface area contributed by atoms with Crippen LogP contribution >= 0.6 is 22.9 Å². The molecular weight excluding hydrogens is 280 g/mol. The molecule has 3 aromatic rings. The van der Waals surface area contributed by atoms with E-state index in [1.54, 1.807) is 17.4 Å². The number of aromatic nitrogens is 3. The summed E-state index contributed by atoms with van der Waals surface area (Å²) in [5.41, 5.74) is 2.20. The van der Waals surface area contributed by atoms with Gasteiger partial charge in [-0.05, 0) is 26.0 Å². The van der Waals surface area contributed by atoms with Crippen LogP contribution in [0.4, 0.5) is 5.82 Å². The predicted molar refractivity (Wildman–Crippen MR) is 79.1 cm³/mol. The number of rotatable bonds is 3. The highest BCUT2D eigenvalue weighted by Gasteiger charge is 2.10. The van der Waals surface area contributed by atoms with E-state index >= 15 is 0 Å². The van der Waals surface area contributed by atoms with E-state index < -0.39 is 0 Å². The Morgan fingerprint density at radius 2 is 2.16 bits per heavy atom. The molecule has 6 heteroatoms. The highest BCUT2D eigenvalue weighted by molar-refractivity contribution is 7.17. The first-order valence-electron chi connectivity index (χ1n) is 5.94. The van der Waals surface area contributed by atoms with Crippen LogP contribution in [0.5, 0.6) is 0 Å². The van der Waals surface area contributed by atoms with Crippen LogP contribution in [-0.4, -0.2) is 14.4 Å². The summed E-state index contributed by atoms with van der Waals surface area (Å²) in [6.07, 6.45) is 2.11. The quantitative estimate of drug-likeness (QED) is 0.749. The number of nitrogens with zero attached hydrogens (tertiary/aromatic N) is 3. The maximum absolute atomic E-state index is 5.87. The van der Waals surface area contributed by atoms with E-state index in [1.807, 2.05) is 19.1 Å². The van der Waals surface area contributed by atoms with Crippen molar-refractivity contribution >= 4 is 33.7 Å². The molecule has 19 heavy (non-hydrogen) atoms. The van der Waals surface area contributed by atoms with Gasteiger partial charge in [0.2, 0.25) is 0 Å². The minimum Gasteiger partial charge on any atom is -0.364 e. The van der Waals surface area contributed by atoms with Crippen LogP contribution in [0.2, 0.25) is 5.15 Å². The minimum absolute atomic E-state index is 0.492.